The van der Waals surface area contributed by atoms with E-state index in [1.165, 1.54) is 34.9 Å². The van der Waals surface area contributed by atoms with Gasteiger partial charge in [0.2, 0.25) is 15.9 Å². The van der Waals surface area contributed by atoms with Crippen molar-refractivity contribution in [2.24, 2.45) is 0 Å². The summed E-state index contributed by atoms with van der Waals surface area (Å²) in [6.45, 7) is 1.13. The Morgan fingerprint density at radius 3 is 2.61 bits per heavy atom. The van der Waals surface area contributed by atoms with Gasteiger partial charge in [0.15, 0.2) is 0 Å². The SMILES string of the molecule is O=C(CCOc1ccc(F)cc1Cl)N1CCN(S(=O)(=O)c2cccnc2)CC1. The molecule has 0 N–H and O–H groups in total. The maximum Gasteiger partial charge on any atom is 0.244 e. The first kappa shape index (κ1) is 20.5. The maximum absolute atomic E-state index is 13.0. The van der Waals surface area contributed by atoms with Crippen molar-refractivity contribution >= 4 is 27.5 Å². The number of rotatable bonds is 6. The van der Waals surface area contributed by atoms with Gasteiger partial charge in [-0.25, -0.2) is 12.8 Å². The number of aromatic nitrogens is 1. The van der Waals surface area contributed by atoms with E-state index in [4.69, 9.17) is 16.3 Å². The topological polar surface area (TPSA) is 79.8 Å². The Morgan fingerprint density at radius 1 is 1.21 bits per heavy atom. The highest BCUT2D eigenvalue weighted by Crippen LogP contribution is 2.25. The van der Waals surface area contributed by atoms with Crippen LogP contribution in [0.4, 0.5) is 4.39 Å². The van der Waals surface area contributed by atoms with Gasteiger partial charge < -0.3 is 9.64 Å². The molecule has 10 heteroatoms. The van der Waals surface area contributed by atoms with Gasteiger partial charge in [0.25, 0.3) is 0 Å². The molecule has 1 aromatic carbocycles. The summed E-state index contributed by atoms with van der Waals surface area (Å²) in [6.07, 6.45) is 2.94. The average molecular weight is 428 g/mol. The summed E-state index contributed by atoms with van der Waals surface area (Å²) >= 11 is 5.88. The zero-order valence-corrected chi connectivity index (χ0v) is 16.5. The second kappa shape index (κ2) is 8.85. The van der Waals surface area contributed by atoms with Crippen molar-refractivity contribution in [3.63, 3.8) is 0 Å². The van der Waals surface area contributed by atoms with E-state index in [2.05, 4.69) is 4.98 Å². The molecule has 0 radical (unpaired) electrons. The Hall–Kier alpha value is -2.23. The predicted molar refractivity (Wildman–Crippen MR) is 101 cm³/mol. The third-order valence-electron chi connectivity index (χ3n) is 4.33. The van der Waals surface area contributed by atoms with Crippen LogP contribution in [-0.2, 0) is 14.8 Å². The molecule has 7 nitrogen and oxygen atoms in total. The first-order chi connectivity index (χ1) is 13.4. The number of amides is 1. The van der Waals surface area contributed by atoms with Crippen molar-refractivity contribution in [2.45, 2.75) is 11.3 Å². The fraction of sp³-hybridized carbons (Fsp3) is 0.333. The number of piperazine rings is 1. The largest absolute Gasteiger partial charge is 0.491 e. The minimum absolute atomic E-state index is 0.0956. The number of sulfonamides is 1. The van der Waals surface area contributed by atoms with Crippen LogP contribution < -0.4 is 4.74 Å². The number of ether oxygens (including phenoxy) is 1. The molecular formula is C18H19ClFN3O4S. The summed E-state index contributed by atoms with van der Waals surface area (Å²) in [4.78, 5) is 17.9. The highest BCUT2D eigenvalue weighted by molar-refractivity contribution is 7.89. The molecule has 0 saturated carbocycles. The lowest BCUT2D eigenvalue weighted by atomic mass is 10.3. The van der Waals surface area contributed by atoms with Gasteiger partial charge in [-0.1, -0.05) is 11.6 Å². The number of nitrogens with zero attached hydrogens (tertiary/aromatic N) is 3. The standard InChI is InChI=1S/C18H19ClFN3O4S/c19-16-12-14(20)3-4-17(16)27-11-5-18(24)22-7-9-23(10-8-22)28(25,26)15-2-1-6-21-13-15/h1-4,6,12-13H,5,7-11H2. The Balaban J connectivity index is 1.48. The van der Waals surface area contributed by atoms with Gasteiger partial charge in [-0.15, -0.1) is 0 Å². The van der Waals surface area contributed by atoms with Gasteiger partial charge in [0, 0.05) is 38.6 Å². The highest BCUT2D eigenvalue weighted by atomic mass is 35.5. The zero-order valence-electron chi connectivity index (χ0n) is 14.9. The number of carbonyl (C=O) groups is 1. The van der Waals surface area contributed by atoms with Crippen LogP contribution in [0.3, 0.4) is 0 Å². The number of halogens is 2. The van der Waals surface area contributed by atoms with Crippen LogP contribution in [-0.4, -0.2) is 61.3 Å². The quantitative estimate of drug-likeness (QED) is 0.706. The normalized spacial score (nSPS) is 15.4. The van der Waals surface area contributed by atoms with E-state index in [9.17, 15) is 17.6 Å². The van der Waals surface area contributed by atoms with Gasteiger partial charge in [0.1, 0.15) is 16.5 Å². The predicted octanol–water partition coefficient (Wildman–Crippen LogP) is 2.18. The van der Waals surface area contributed by atoms with Crippen LogP contribution >= 0.6 is 11.6 Å². The van der Waals surface area contributed by atoms with Crippen LogP contribution in [0.5, 0.6) is 5.75 Å². The molecule has 1 aromatic heterocycles. The monoisotopic (exact) mass is 427 g/mol. The first-order valence-electron chi connectivity index (χ1n) is 8.64. The molecule has 1 saturated heterocycles. The Morgan fingerprint density at radius 2 is 1.96 bits per heavy atom. The van der Waals surface area contributed by atoms with E-state index >= 15 is 0 Å². The second-order valence-corrected chi connectivity index (χ2v) is 8.49. The lowest BCUT2D eigenvalue weighted by Gasteiger charge is -2.34. The molecule has 1 amide bonds. The molecule has 0 atom stereocenters. The molecule has 3 rings (SSSR count). The Labute approximate surface area is 167 Å². The van der Waals surface area contributed by atoms with Crippen molar-refractivity contribution in [1.82, 2.24) is 14.2 Å². The Bertz CT molecular complexity index is 935. The molecule has 1 aliphatic heterocycles. The van der Waals surface area contributed by atoms with Crippen LogP contribution in [0, 0.1) is 5.82 Å². The van der Waals surface area contributed by atoms with Crippen molar-refractivity contribution < 1.29 is 22.3 Å². The molecule has 0 spiro atoms. The van der Waals surface area contributed by atoms with Gasteiger partial charge in [-0.05, 0) is 30.3 Å². The summed E-state index contributed by atoms with van der Waals surface area (Å²) in [7, 11) is -3.61. The number of benzene rings is 1. The lowest BCUT2D eigenvalue weighted by Crippen LogP contribution is -2.50. The highest BCUT2D eigenvalue weighted by Gasteiger charge is 2.30. The van der Waals surface area contributed by atoms with Gasteiger partial charge in [-0.3, -0.25) is 9.78 Å². The maximum atomic E-state index is 13.0. The van der Waals surface area contributed by atoms with Crippen LogP contribution in [0.25, 0.3) is 0 Å². The van der Waals surface area contributed by atoms with E-state index in [0.29, 0.717) is 18.8 Å². The molecule has 0 unspecified atom stereocenters. The van der Waals surface area contributed by atoms with Crippen LogP contribution in [0.15, 0.2) is 47.6 Å². The average Bonchev–Trinajstić information content (AvgIpc) is 2.70. The molecule has 2 aromatic rings. The Kier molecular flexibility index (Phi) is 6.48. The van der Waals surface area contributed by atoms with E-state index in [0.717, 1.165) is 6.07 Å². The second-order valence-electron chi connectivity index (χ2n) is 6.15. The molecule has 150 valence electrons. The number of hydrogen-bond donors (Lipinski definition) is 0. The van der Waals surface area contributed by atoms with E-state index in [1.54, 1.807) is 11.0 Å². The molecule has 1 fully saturated rings. The van der Waals surface area contributed by atoms with Crippen molar-refractivity contribution in [3.8, 4) is 5.75 Å². The fourth-order valence-electron chi connectivity index (χ4n) is 2.83. The summed E-state index contributed by atoms with van der Waals surface area (Å²) in [5.74, 6) is -0.299. The summed E-state index contributed by atoms with van der Waals surface area (Å²) in [6, 6.07) is 6.84. The third-order valence-corrected chi connectivity index (χ3v) is 6.51. The van der Waals surface area contributed by atoms with E-state index < -0.39 is 15.8 Å². The summed E-state index contributed by atoms with van der Waals surface area (Å²) in [5, 5.41) is 0.140. The van der Waals surface area contributed by atoms with E-state index in [-0.39, 0.29) is 41.9 Å². The smallest absolute Gasteiger partial charge is 0.244 e. The van der Waals surface area contributed by atoms with Gasteiger partial charge in [-0.2, -0.15) is 4.31 Å². The molecule has 1 aliphatic rings. The third kappa shape index (κ3) is 4.78. The number of carbonyl (C=O) groups excluding carboxylic acids is 1. The number of pyridine rings is 1. The zero-order chi connectivity index (χ0) is 20.1. The molecular weight excluding hydrogens is 409 g/mol. The molecule has 0 aliphatic carbocycles. The van der Waals surface area contributed by atoms with Crippen molar-refractivity contribution in [2.75, 3.05) is 32.8 Å². The van der Waals surface area contributed by atoms with Crippen molar-refractivity contribution in [3.05, 3.63) is 53.6 Å². The van der Waals surface area contributed by atoms with Crippen LogP contribution in [0.2, 0.25) is 5.02 Å². The van der Waals surface area contributed by atoms with E-state index in [1.807, 2.05) is 0 Å². The minimum Gasteiger partial charge on any atom is -0.491 e. The fourth-order valence-corrected chi connectivity index (χ4v) is 4.43. The summed E-state index contributed by atoms with van der Waals surface area (Å²) in [5.41, 5.74) is 0. The lowest BCUT2D eigenvalue weighted by molar-refractivity contribution is -0.132. The summed E-state index contributed by atoms with van der Waals surface area (Å²) < 4.78 is 44.9. The molecule has 2 heterocycles. The van der Waals surface area contributed by atoms with Gasteiger partial charge in [0.05, 0.1) is 18.1 Å². The first-order valence-corrected chi connectivity index (χ1v) is 10.5. The molecule has 0 bridgehead atoms. The van der Waals surface area contributed by atoms with Crippen LogP contribution in [0.1, 0.15) is 6.42 Å². The molecule has 28 heavy (non-hydrogen) atoms. The van der Waals surface area contributed by atoms with Gasteiger partial charge >= 0.3 is 0 Å². The van der Waals surface area contributed by atoms with Crippen molar-refractivity contribution in [1.29, 1.82) is 0 Å². The minimum atomic E-state index is -3.61. The number of hydrogen-bond acceptors (Lipinski definition) is 5.